The summed E-state index contributed by atoms with van der Waals surface area (Å²) in [6.45, 7) is 15.2. The maximum Gasteiger partial charge on any atom is 0.511 e. The summed E-state index contributed by atoms with van der Waals surface area (Å²) in [4.78, 5) is 11.1. The summed E-state index contributed by atoms with van der Waals surface area (Å²) in [5.41, 5.74) is 2.31. The van der Waals surface area contributed by atoms with Crippen LogP contribution in [0.3, 0.4) is 0 Å². The fourth-order valence-corrected chi connectivity index (χ4v) is 11.2. The van der Waals surface area contributed by atoms with Gasteiger partial charge in [0.05, 0.1) is 0 Å². The van der Waals surface area contributed by atoms with Gasteiger partial charge in [0.1, 0.15) is 5.75 Å². The second-order valence-corrected chi connectivity index (χ2v) is 15.3. The van der Waals surface area contributed by atoms with Gasteiger partial charge in [-0.3, -0.25) is 0 Å². The summed E-state index contributed by atoms with van der Waals surface area (Å²) >= 11 is 0. The summed E-state index contributed by atoms with van der Waals surface area (Å²) in [5, 5.41) is 9.05. The van der Waals surface area contributed by atoms with E-state index >= 15 is 0 Å². The Bertz CT molecular complexity index is 1000. The molecule has 3 nitrogen and oxygen atoms in total. The second kappa shape index (κ2) is 11.4. The molecule has 0 radical (unpaired) electrons. The summed E-state index contributed by atoms with van der Waals surface area (Å²) < 4.78 is 4.98. The van der Waals surface area contributed by atoms with Gasteiger partial charge < -0.3 is 9.84 Å². The number of ether oxygens (including phenoxy) is 1. The first-order valence-electron chi connectivity index (χ1n) is 16.6. The summed E-state index contributed by atoms with van der Waals surface area (Å²) in [5.74, 6) is 8.07. The van der Waals surface area contributed by atoms with Gasteiger partial charge in [0, 0.05) is 0 Å². The Labute approximate surface area is 238 Å². The SMILES string of the molecule is CC[C@H](CC[C@@H](C)[C@H]1CCC2C3CCC4CC(c5cccc(OC(=O)O)c5)CC[C@]4(C)C3CC[C@@]21C)C(C)C. The average molecular weight is 537 g/mol. The number of carboxylic acid groups (broad SMARTS) is 1. The molecule has 5 unspecified atom stereocenters. The number of carbonyl (C=O) groups is 1. The molecule has 4 saturated carbocycles. The monoisotopic (exact) mass is 536 g/mol. The van der Waals surface area contributed by atoms with Crippen LogP contribution in [0.4, 0.5) is 4.79 Å². The topological polar surface area (TPSA) is 46.5 Å². The van der Waals surface area contributed by atoms with E-state index < -0.39 is 6.16 Å². The van der Waals surface area contributed by atoms with Crippen molar-refractivity contribution in [3.05, 3.63) is 29.8 Å². The van der Waals surface area contributed by atoms with Crippen molar-refractivity contribution in [2.24, 2.45) is 58.2 Å². The normalized spacial score (nSPS) is 39.4. The molecule has 4 aliphatic carbocycles. The highest BCUT2D eigenvalue weighted by Gasteiger charge is 2.60. The molecule has 0 aliphatic heterocycles. The Morgan fingerprint density at radius 3 is 2.44 bits per heavy atom. The zero-order chi connectivity index (χ0) is 27.9. The van der Waals surface area contributed by atoms with Crippen LogP contribution in [0.15, 0.2) is 24.3 Å². The molecular formula is C36H56O3. The van der Waals surface area contributed by atoms with Gasteiger partial charge in [-0.1, -0.05) is 66.5 Å². The molecule has 3 heteroatoms. The van der Waals surface area contributed by atoms with E-state index in [1.165, 1.54) is 82.6 Å². The Hall–Kier alpha value is -1.51. The maximum absolute atomic E-state index is 11.1. The van der Waals surface area contributed by atoms with Crippen LogP contribution in [0.1, 0.15) is 130 Å². The van der Waals surface area contributed by atoms with Crippen LogP contribution >= 0.6 is 0 Å². The smallest absolute Gasteiger partial charge is 0.449 e. The Morgan fingerprint density at radius 2 is 1.72 bits per heavy atom. The molecule has 5 rings (SSSR count). The molecule has 1 aromatic rings. The minimum Gasteiger partial charge on any atom is -0.449 e. The third kappa shape index (κ3) is 5.42. The molecular weight excluding hydrogens is 480 g/mol. The molecule has 0 heterocycles. The lowest BCUT2D eigenvalue weighted by molar-refractivity contribution is -0.117. The van der Waals surface area contributed by atoms with Crippen molar-refractivity contribution in [3.8, 4) is 5.75 Å². The van der Waals surface area contributed by atoms with Gasteiger partial charge in [-0.15, -0.1) is 0 Å². The first-order chi connectivity index (χ1) is 18.6. The van der Waals surface area contributed by atoms with E-state index in [1.807, 2.05) is 12.1 Å². The van der Waals surface area contributed by atoms with Crippen LogP contribution in [0, 0.1) is 58.2 Å². The van der Waals surface area contributed by atoms with Crippen molar-refractivity contribution >= 4 is 6.16 Å². The standard InChI is InChI=1S/C36H56O3/c1-7-25(23(2)3)12-11-24(4)31-15-16-32-30-14-13-28-21-27(26-9-8-10-29(22-26)39-34(37)38)17-19-35(28,5)33(30)18-20-36(31,32)6/h8-10,22-25,27-28,30-33H,7,11-21H2,1-6H3,(H,37,38)/t24-,25-,27?,28?,30?,31-,32?,33?,35+,36-/m1/s1. The van der Waals surface area contributed by atoms with Gasteiger partial charge >= 0.3 is 6.16 Å². The lowest BCUT2D eigenvalue weighted by atomic mass is 9.43. The van der Waals surface area contributed by atoms with E-state index in [0.717, 1.165) is 47.3 Å². The van der Waals surface area contributed by atoms with Crippen LogP contribution in [0.2, 0.25) is 0 Å². The zero-order valence-electron chi connectivity index (χ0n) is 25.8. The molecule has 0 amide bonds. The molecule has 10 atom stereocenters. The number of fused-ring (bicyclic) bond motifs is 5. The van der Waals surface area contributed by atoms with Crippen LogP contribution < -0.4 is 4.74 Å². The van der Waals surface area contributed by atoms with E-state index in [0.29, 0.717) is 22.5 Å². The molecule has 39 heavy (non-hydrogen) atoms. The quantitative estimate of drug-likeness (QED) is 0.265. The van der Waals surface area contributed by atoms with E-state index in [1.54, 1.807) is 6.07 Å². The van der Waals surface area contributed by atoms with E-state index in [2.05, 4.69) is 47.6 Å². The average Bonchev–Trinajstić information content (AvgIpc) is 3.25. The highest BCUT2D eigenvalue weighted by atomic mass is 16.7. The molecule has 218 valence electrons. The first kappa shape index (κ1) is 29.0. The third-order valence-electron chi connectivity index (χ3n) is 13.4. The third-order valence-corrected chi connectivity index (χ3v) is 13.4. The van der Waals surface area contributed by atoms with Crippen LogP contribution in [0.25, 0.3) is 0 Å². The van der Waals surface area contributed by atoms with Gasteiger partial charge in [-0.05, 0) is 146 Å². The van der Waals surface area contributed by atoms with Gasteiger partial charge in [0.2, 0.25) is 0 Å². The van der Waals surface area contributed by atoms with Crippen LogP contribution in [0.5, 0.6) is 5.75 Å². The van der Waals surface area contributed by atoms with Crippen molar-refractivity contribution in [1.82, 2.24) is 0 Å². The Morgan fingerprint density at radius 1 is 0.974 bits per heavy atom. The highest BCUT2D eigenvalue weighted by Crippen LogP contribution is 2.69. The molecule has 0 aromatic heterocycles. The maximum atomic E-state index is 11.1. The van der Waals surface area contributed by atoms with E-state index in [-0.39, 0.29) is 0 Å². The summed E-state index contributed by atoms with van der Waals surface area (Å²) in [6.07, 6.45) is 15.4. The Kier molecular flexibility index (Phi) is 8.48. The fraction of sp³-hybridized carbons (Fsp3) is 0.806. The van der Waals surface area contributed by atoms with Crippen molar-refractivity contribution in [2.75, 3.05) is 0 Å². The largest absolute Gasteiger partial charge is 0.511 e. The number of rotatable bonds is 8. The van der Waals surface area contributed by atoms with Crippen molar-refractivity contribution < 1.29 is 14.6 Å². The van der Waals surface area contributed by atoms with E-state index in [4.69, 9.17) is 9.84 Å². The van der Waals surface area contributed by atoms with Gasteiger partial charge in [-0.25, -0.2) is 4.79 Å². The first-order valence-corrected chi connectivity index (χ1v) is 16.6. The van der Waals surface area contributed by atoms with Crippen molar-refractivity contribution in [3.63, 3.8) is 0 Å². The van der Waals surface area contributed by atoms with Crippen LogP contribution in [-0.4, -0.2) is 11.3 Å². The van der Waals surface area contributed by atoms with E-state index in [9.17, 15) is 4.79 Å². The molecule has 4 aliphatic rings. The minimum atomic E-state index is -1.23. The number of hydrogen-bond acceptors (Lipinski definition) is 2. The lowest BCUT2D eigenvalue weighted by Gasteiger charge is -2.61. The number of hydrogen-bond donors (Lipinski definition) is 1. The Balaban J connectivity index is 1.25. The van der Waals surface area contributed by atoms with Gasteiger partial charge in [-0.2, -0.15) is 0 Å². The minimum absolute atomic E-state index is 0.461. The van der Waals surface area contributed by atoms with Gasteiger partial charge in [0.15, 0.2) is 0 Å². The molecule has 4 fully saturated rings. The zero-order valence-corrected chi connectivity index (χ0v) is 25.8. The highest BCUT2D eigenvalue weighted by molar-refractivity contribution is 5.61. The lowest BCUT2D eigenvalue weighted by Crippen LogP contribution is -2.53. The van der Waals surface area contributed by atoms with Crippen molar-refractivity contribution in [2.45, 2.75) is 125 Å². The van der Waals surface area contributed by atoms with Crippen LogP contribution in [-0.2, 0) is 0 Å². The fourth-order valence-electron chi connectivity index (χ4n) is 11.2. The molecule has 0 spiro atoms. The van der Waals surface area contributed by atoms with Crippen molar-refractivity contribution in [1.29, 1.82) is 0 Å². The number of benzene rings is 1. The molecule has 1 N–H and O–H groups in total. The molecule has 0 saturated heterocycles. The summed E-state index contributed by atoms with van der Waals surface area (Å²) in [6, 6.07) is 7.88. The predicted octanol–water partition coefficient (Wildman–Crippen LogP) is 10.6. The second-order valence-electron chi connectivity index (χ2n) is 15.3. The summed E-state index contributed by atoms with van der Waals surface area (Å²) in [7, 11) is 0. The predicted molar refractivity (Wildman–Crippen MR) is 160 cm³/mol. The molecule has 0 bridgehead atoms. The molecule has 1 aromatic carbocycles. The van der Waals surface area contributed by atoms with Gasteiger partial charge in [0.25, 0.3) is 0 Å².